The van der Waals surface area contributed by atoms with E-state index in [9.17, 15) is 13.2 Å². The number of sulfone groups is 1. The zero-order valence-electron chi connectivity index (χ0n) is 9.45. The average molecular weight is 282 g/mol. The smallest absolute Gasteiger partial charge is 0.345 e. The molecule has 0 atom stereocenters. The molecular weight excluding hydrogens is 272 g/mol. The average Bonchev–Trinajstić information content (AvgIpc) is 2.79. The van der Waals surface area contributed by atoms with Crippen LogP contribution in [0.15, 0.2) is 45.5 Å². The fraction of sp³-hybridized carbons (Fsp3) is 0.0833. The molecule has 0 amide bonds. The van der Waals surface area contributed by atoms with Crippen LogP contribution >= 0.6 is 11.3 Å². The van der Waals surface area contributed by atoms with Gasteiger partial charge in [0.15, 0.2) is 0 Å². The number of hydrogen-bond donors (Lipinski definition) is 1. The zero-order chi connectivity index (χ0) is 13.3. The molecule has 1 heterocycles. The molecule has 2 rings (SSSR count). The van der Waals surface area contributed by atoms with Crippen LogP contribution in [-0.4, -0.2) is 19.5 Å². The molecule has 1 aromatic carbocycles. The summed E-state index contributed by atoms with van der Waals surface area (Å²) in [6.07, 6.45) is 0. The van der Waals surface area contributed by atoms with Gasteiger partial charge in [0, 0.05) is 0 Å². The van der Waals surface area contributed by atoms with Gasteiger partial charge in [-0.1, -0.05) is 17.7 Å². The summed E-state index contributed by atoms with van der Waals surface area (Å²) in [6, 6.07) is 9.07. The van der Waals surface area contributed by atoms with Gasteiger partial charge in [-0.3, -0.25) is 0 Å². The largest absolute Gasteiger partial charge is 0.477 e. The minimum Gasteiger partial charge on any atom is -0.477 e. The number of carboxylic acids is 1. The van der Waals surface area contributed by atoms with Crippen LogP contribution < -0.4 is 0 Å². The van der Waals surface area contributed by atoms with Crippen LogP contribution in [-0.2, 0) is 9.84 Å². The Kier molecular flexibility index (Phi) is 3.23. The monoisotopic (exact) mass is 282 g/mol. The van der Waals surface area contributed by atoms with Gasteiger partial charge in [0.2, 0.25) is 9.84 Å². The molecule has 0 saturated heterocycles. The van der Waals surface area contributed by atoms with Gasteiger partial charge >= 0.3 is 5.97 Å². The summed E-state index contributed by atoms with van der Waals surface area (Å²) in [4.78, 5) is 10.9. The lowest BCUT2D eigenvalue weighted by atomic mass is 10.2. The van der Waals surface area contributed by atoms with Gasteiger partial charge < -0.3 is 5.11 Å². The Morgan fingerprint density at radius 3 is 2.22 bits per heavy atom. The number of thiophene rings is 1. The first-order valence-corrected chi connectivity index (χ1v) is 7.36. The van der Waals surface area contributed by atoms with E-state index in [2.05, 4.69) is 0 Å². The summed E-state index contributed by atoms with van der Waals surface area (Å²) in [7, 11) is -3.61. The van der Waals surface area contributed by atoms with Crippen LogP contribution in [0.5, 0.6) is 0 Å². The van der Waals surface area contributed by atoms with Gasteiger partial charge in [-0.2, -0.15) is 0 Å². The summed E-state index contributed by atoms with van der Waals surface area (Å²) in [6.45, 7) is 1.87. The standard InChI is InChI=1S/C12H10O4S2/c1-8-2-4-9(5-3-8)18(15,16)11-7-6-10(17-11)12(13)14/h2-7H,1H3,(H,13,14). The first-order valence-electron chi connectivity index (χ1n) is 5.06. The maximum atomic E-state index is 12.2. The second-order valence-corrected chi connectivity index (χ2v) is 7.00. The molecule has 0 bridgehead atoms. The third kappa shape index (κ3) is 2.30. The summed E-state index contributed by atoms with van der Waals surface area (Å²) >= 11 is 0.759. The summed E-state index contributed by atoms with van der Waals surface area (Å²) < 4.78 is 24.4. The Balaban J connectivity index is 2.47. The van der Waals surface area contributed by atoms with Gasteiger partial charge in [-0.15, -0.1) is 11.3 Å². The number of aromatic carboxylic acids is 1. The fourth-order valence-corrected chi connectivity index (χ4v) is 3.96. The van der Waals surface area contributed by atoms with E-state index < -0.39 is 15.8 Å². The van der Waals surface area contributed by atoms with Crippen LogP contribution in [0.2, 0.25) is 0 Å². The molecule has 2 aromatic rings. The van der Waals surface area contributed by atoms with Crippen LogP contribution in [0.4, 0.5) is 0 Å². The number of rotatable bonds is 3. The maximum absolute atomic E-state index is 12.2. The van der Waals surface area contributed by atoms with E-state index in [1.807, 2.05) is 6.92 Å². The fourth-order valence-electron chi connectivity index (χ4n) is 1.41. The topological polar surface area (TPSA) is 71.4 Å². The van der Waals surface area contributed by atoms with Crippen molar-refractivity contribution in [1.82, 2.24) is 0 Å². The Morgan fingerprint density at radius 2 is 1.72 bits per heavy atom. The van der Waals surface area contributed by atoms with E-state index in [-0.39, 0.29) is 14.0 Å². The van der Waals surface area contributed by atoms with Crippen molar-refractivity contribution in [2.24, 2.45) is 0 Å². The SMILES string of the molecule is Cc1ccc(S(=O)(=O)c2ccc(C(=O)O)s2)cc1. The zero-order valence-corrected chi connectivity index (χ0v) is 11.1. The molecule has 1 aromatic heterocycles. The highest BCUT2D eigenvalue weighted by Gasteiger charge is 2.21. The van der Waals surface area contributed by atoms with E-state index >= 15 is 0 Å². The van der Waals surface area contributed by atoms with Gasteiger partial charge in [-0.25, -0.2) is 13.2 Å². The van der Waals surface area contributed by atoms with Crippen molar-refractivity contribution in [3.8, 4) is 0 Å². The van der Waals surface area contributed by atoms with Gasteiger partial charge in [0.05, 0.1) is 4.90 Å². The summed E-state index contributed by atoms with van der Waals surface area (Å²) in [5, 5.41) is 8.79. The molecule has 0 aliphatic carbocycles. The predicted molar refractivity (Wildman–Crippen MR) is 67.9 cm³/mol. The van der Waals surface area contributed by atoms with Crippen molar-refractivity contribution < 1.29 is 18.3 Å². The van der Waals surface area contributed by atoms with E-state index in [0.717, 1.165) is 16.9 Å². The maximum Gasteiger partial charge on any atom is 0.345 e. The van der Waals surface area contributed by atoms with E-state index in [4.69, 9.17) is 5.11 Å². The molecule has 0 spiro atoms. The third-order valence-corrected chi connectivity index (χ3v) is 5.72. The second kappa shape index (κ2) is 4.55. The highest BCUT2D eigenvalue weighted by Crippen LogP contribution is 2.27. The van der Waals surface area contributed by atoms with Crippen LogP contribution in [0, 0.1) is 6.92 Å². The first-order chi connectivity index (χ1) is 8.41. The minimum absolute atomic E-state index is 0.0145. The Labute approximate surface area is 108 Å². The first kappa shape index (κ1) is 12.8. The molecule has 94 valence electrons. The van der Waals surface area contributed by atoms with Crippen molar-refractivity contribution in [2.75, 3.05) is 0 Å². The van der Waals surface area contributed by atoms with Crippen LogP contribution in [0.3, 0.4) is 0 Å². The molecule has 18 heavy (non-hydrogen) atoms. The molecule has 0 saturated carbocycles. The Hall–Kier alpha value is -1.66. The van der Waals surface area contributed by atoms with Crippen LogP contribution in [0.25, 0.3) is 0 Å². The molecule has 6 heteroatoms. The second-order valence-electron chi connectivity index (χ2n) is 3.74. The van der Waals surface area contributed by atoms with Gasteiger partial charge in [0.1, 0.15) is 9.09 Å². The quantitative estimate of drug-likeness (QED) is 0.939. The Bertz CT molecular complexity index is 681. The molecular formula is C12H10O4S2. The van der Waals surface area contributed by atoms with Crippen molar-refractivity contribution in [1.29, 1.82) is 0 Å². The van der Waals surface area contributed by atoms with Gasteiger partial charge in [0.25, 0.3) is 0 Å². The molecule has 0 fully saturated rings. The van der Waals surface area contributed by atoms with Gasteiger partial charge in [-0.05, 0) is 31.2 Å². The predicted octanol–water partition coefficient (Wildman–Crippen LogP) is 2.59. The lowest BCUT2D eigenvalue weighted by molar-refractivity contribution is 0.0702. The normalized spacial score (nSPS) is 11.4. The summed E-state index contributed by atoms with van der Waals surface area (Å²) in [5.74, 6) is -1.12. The molecule has 0 unspecified atom stereocenters. The number of hydrogen-bond acceptors (Lipinski definition) is 4. The number of carbonyl (C=O) groups is 1. The van der Waals surface area contributed by atoms with Crippen LogP contribution in [0.1, 0.15) is 15.2 Å². The van der Waals surface area contributed by atoms with E-state index in [1.54, 1.807) is 12.1 Å². The molecule has 1 N–H and O–H groups in total. The number of benzene rings is 1. The highest BCUT2D eigenvalue weighted by atomic mass is 32.2. The lowest BCUT2D eigenvalue weighted by Crippen LogP contribution is -1.99. The van der Waals surface area contributed by atoms with Crippen molar-refractivity contribution in [3.05, 3.63) is 46.8 Å². The third-order valence-electron chi connectivity index (χ3n) is 2.39. The number of carboxylic acid groups (broad SMARTS) is 1. The Morgan fingerprint density at radius 1 is 1.11 bits per heavy atom. The molecule has 0 radical (unpaired) electrons. The molecule has 0 aliphatic heterocycles. The molecule has 4 nitrogen and oxygen atoms in total. The minimum atomic E-state index is -3.61. The van der Waals surface area contributed by atoms with Crippen molar-refractivity contribution in [2.45, 2.75) is 16.0 Å². The van der Waals surface area contributed by atoms with E-state index in [0.29, 0.717) is 0 Å². The van der Waals surface area contributed by atoms with Crippen molar-refractivity contribution in [3.63, 3.8) is 0 Å². The molecule has 0 aliphatic rings. The number of aryl methyl sites for hydroxylation is 1. The lowest BCUT2D eigenvalue weighted by Gasteiger charge is -2.01. The highest BCUT2D eigenvalue weighted by molar-refractivity contribution is 7.93. The van der Waals surface area contributed by atoms with Crippen molar-refractivity contribution >= 4 is 27.1 Å². The summed E-state index contributed by atoms with van der Waals surface area (Å²) in [5.41, 5.74) is 0.964. The van der Waals surface area contributed by atoms with E-state index in [1.165, 1.54) is 24.3 Å².